The van der Waals surface area contributed by atoms with E-state index in [1.807, 2.05) is 73.4 Å². The van der Waals surface area contributed by atoms with Crippen LogP contribution < -0.4 is 5.32 Å². The average molecular weight is 387 g/mol. The summed E-state index contributed by atoms with van der Waals surface area (Å²) in [5, 5.41) is 7.65. The number of rotatable bonds is 7. The Hall–Kier alpha value is -3.41. The predicted octanol–water partition coefficient (Wildman–Crippen LogP) is 3.59. The second kappa shape index (κ2) is 8.31. The maximum absolute atomic E-state index is 12.5. The smallest absolute Gasteiger partial charge is 0.224 e. The van der Waals surface area contributed by atoms with Gasteiger partial charge in [-0.15, -0.1) is 0 Å². The van der Waals surface area contributed by atoms with Crippen molar-refractivity contribution in [1.82, 2.24) is 24.6 Å². The molecule has 0 aliphatic carbocycles. The lowest BCUT2D eigenvalue weighted by Crippen LogP contribution is -2.27. The molecule has 4 rings (SSSR count). The maximum atomic E-state index is 12.5. The van der Waals surface area contributed by atoms with E-state index in [-0.39, 0.29) is 5.91 Å². The first kappa shape index (κ1) is 18.9. The number of aromatic nitrogens is 4. The molecule has 0 aliphatic heterocycles. The van der Waals surface area contributed by atoms with Crippen LogP contribution in [0.25, 0.3) is 16.7 Å². The van der Waals surface area contributed by atoms with E-state index in [1.165, 1.54) is 0 Å². The fourth-order valence-electron chi connectivity index (χ4n) is 3.64. The number of benzene rings is 2. The molecule has 148 valence electrons. The number of aryl methyl sites for hydroxylation is 2. The summed E-state index contributed by atoms with van der Waals surface area (Å²) in [6.07, 6.45) is 3.06. The third-order valence-corrected chi connectivity index (χ3v) is 5.20. The molecular formula is C23H25N5O. The first-order valence-electron chi connectivity index (χ1n) is 9.90. The normalized spacial score (nSPS) is 11.1. The van der Waals surface area contributed by atoms with E-state index >= 15 is 0 Å². The van der Waals surface area contributed by atoms with Crippen LogP contribution in [0.4, 0.5) is 0 Å². The van der Waals surface area contributed by atoms with Crippen molar-refractivity contribution in [3.63, 3.8) is 0 Å². The summed E-state index contributed by atoms with van der Waals surface area (Å²) in [4.78, 5) is 16.9. The lowest BCUT2D eigenvalue weighted by atomic mass is 10.1. The SMILES string of the molecule is Cc1nn(-c2ccccc2)c(C)c1CC(=O)NCCCn1cnc2ccccc21. The molecule has 2 aromatic heterocycles. The first-order chi connectivity index (χ1) is 14.1. The zero-order valence-electron chi connectivity index (χ0n) is 16.8. The van der Waals surface area contributed by atoms with E-state index in [4.69, 9.17) is 0 Å². The highest BCUT2D eigenvalue weighted by Gasteiger charge is 2.15. The minimum Gasteiger partial charge on any atom is -0.356 e. The van der Waals surface area contributed by atoms with Crippen LogP contribution >= 0.6 is 0 Å². The van der Waals surface area contributed by atoms with Crippen molar-refractivity contribution in [2.75, 3.05) is 6.54 Å². The van der Waals surface area contributed by atoms with E-state index in [0.717, 1.165) is 46.6 Å². The van der Waals surface area contributed by atoms with Crippen LogP contribution in [0, 0.1) is 13.8 Å². The molecule has 0 saturated heterocycles. The number of imidazole rings is 1. The number of amides is 1. The molecule has 0 fully saturated rings. The molecule has 6 heteroatoms. The number of hydrogen-bond donors (Lipinski definition) is 1. The Bertz CT molecular complexity index is 1130. The molecule has 0 bridgehead atoms. The van der Waals surface area contributed by atoms with Gasteiger partial charge in [0.15, 0.2) is 0 Å². The van der Waals surface area contributed by atoms with Crippen molar-refractivity contribution < 1.29 is 4.79 Å². The van der Waals surface area contributed by atoms with Crippen LogP contribution in [-0.2, 0) is 17.8 Å². The van der Waals surface area contributed by atoms with Gasteiger partial charge in [-0.3, -0.25) is 4.79 Å². The van der Waals surface area contributed by atoms with Crippen LogP contribution in [0.5, 0.6) is 0 Å². The molecule has 0 aliphatic rings. The van der Waals surface area contributed by atoms with Gasteiger partial charge in [0.2, 0.25) is 5.91 Å². The lowest BCUT2D eigenvalue weighted by molar-refractivity contribution is -0.120. The highest BCUT2D eigenvalue weighted by molar-refractivity contribution is 5.79. The number of hydrogen-bond acceptors (Lipinski definition) is 3. The number of nitrogens with one attached hydrogen (secondary N) is 1. The molecule has 0 atom stereocenters. The number of carbonyl (C=O) groups is 1. The van der Waals surface area contributed by atoms with Crippen LogP contribution in [0.15, 0.2) is 60.9 Å². The van der Waals surface area contributed by atoms with Crippen molar-refractivity contribution >= 4 is 16.9 Å². The predicted molar refractivity (Wildman–Crippen MR) is 114 cm³/mol. The van der Waals surface area contributed by atoms with E-state index in [1.54, 1.807) is 0 Å². The molecule has 1 N–H and O–H groups in total. The minimum absolute atomic E-state index is 0.0271. The van der Waals surface area contributed by atoms with Gasteiger partial charge in [0.05, 0.1) is 35.2 Å². The summed E-state index contributed by atoms with van der Waals surface area (Å²) in [5.74, 6) is 0.0271. The number of nitrogens with zero attached hydrogens (tertiary/aromatic N) is 4. The number of carbonyl (C=O) groups excluding carboxylic acids is 1. The van der Waals surface area contributed by atoms with Gasteiger partial charge in [-0.2, -0.15) is 5.10 Å². The van der Waals surface area contributed by atoms with Gasteiger partial charge in [0.25, 0.3) is 0 Å². The van der Waals surface area contributed by atoms with Crippen molar-refractivity contribution in [3.8, 4) is 5.69 Å². The highest BCUT2D eigenvalue weighted by atomic mass is 16.1. The largest absolute Gasteiger partial charge is 0.356 e. The first-order valence-corrected chi connectivity index (χ1v) is 9.90. The third-order valence-electron chi connectivity index (χ3n) is 5.20. The molecule has 29 heavy (non-hydrogen) atoms. The average Bonchev–Trinajstić information content (AvgIpc) is 3.28. The van der Waals surface area contributed by atoms with Gasteiger partial charge < -0.3 is 9.88 Å². The lowest BCUT2D eigenvalue weighted by Gasteiger charge is -2.08. The fraction of sp³-hybridized carbons (Fsp3) is 0.261. The van der Waals surface area contributed by atoms with Crippen LogP contribution in [0.1, 0.15) is 23.4 Å². The van der Waals surface area contributed by atoms with Gasteiger partial charge >= 0.3 is 0 Å². The zero-order chi connectivity index (χ0) is 20.2. The van der Waals surface area contributed by atoms with Crippen molar-refractivity contribution in [2.45, 2.75) is 33.2 Å². The molecule has 1 amide bonds. The molecule has 0 saturated carbocycles. The fourth-order valence-corrected chi connectivity index (χ4v) is 3.64. The Morgan fingerprint density at radius 2 is 1.79 bits per heavy atom. The Labute approximate surface area is 170 Å². The van der Waals surface area contributed by atoms with E-state index in [0.29, 0.717) is 13.0 Å². The Balaban J connectivity index is 1.33. The summed E-state index contributed by atoms with van der Waals surface area (Å²) >= 11 is 0. The third kappa shape index (κ3) is 4.06. The number of fused-ring (bicyclic) bond motifs is 1. The molecule has 2 heterocycles. The monoisotopic (exact) mass is 387 g/mol. The molecule has 6 nitrogen and oxygen atoms in total. The van der Waals surface area contributed by atoms with Crippen molar-refractivity contribution in [1.29, 1.82) is 0 Å². The summed E-state index contributed by atoms with van der Waals surface area (Å²) in [7, 11) is 0. The molecular weight excluding hydrogens is 362 g/mol. The molecule has 0 spiro atoms. The van der Waals surface area contributed by atoms with Crippen molar-refractivity contribution in [3.05, 3.63) is 77.9 Å². The molecule has 2 aromatic carbocycles. The quantitative estimate of drug-likeness (QED) is 0.493. The number of para-hydroxylation sites is 3. The topological polar surface area (TPSA) is 64.7 Å². The Kier molecular flexibility index (Phi) is 5.42. The van der Waals surface area contributed by atoms with Crippen LogP contribution in [0.2, 0.25) is 0 Å². The standard InChI is InChI=1S/C23H25N5O/c1-17-20(18(2)28(26-17)19-9-4-3-5-10-19)15-23(29)24-13-8-14-27-16-25-21-11-6-7-12-22(21)27/h3-7,9-12,16H,8,13-15H2,1-2H3,(H,24,29). The Morgan fingerprint density at radius 3 is 2.62 bits per heavy atom. The van der Waals surface area contributed by atoms with Gasteiger partial charge in [-0.05, 0) is 44.5 Å². The maximum Gasteiger partial charge on any atom is 0.224 e. The summed E-state index contributed by atoms with van der Waals surface area (Å²) < 4.78 is 4.03. The van der Waals surface area contributed by atoms with Gasteiger partial charge in [-0.1, -0.05) is 30.3 Å². The minimum atomic E-state index is 0.0271. The van der Waals surface area contributed by atoms with Crippen LogP contribution in [0.3, 0.4) is 0 Å². The zero-order valence-corrected chi connectivity index (χ0v) is 16.8. The van der Waals surface area contributed by atoms with E-state index < -0.39 is 0 Å². The second-order valence-electron chi connectivity index (χ2n) is 7.20. The van der Waals surface area contributed by atoms with Crippen LogP contribution in [-0.4, -0.2) is 31.8 Å². The highest BCUT2D eigenvalue weighted by Crippen LogP contribution is 2.18. The molecule has 0 unspecified atom stereocenters. The summed E-state index contributed by atoms with van der Waals surface area (Å²) in [6.45, 7) is 5.43. The van der Waals surface area contributed by atoms with Gasteiger partial charge in [0.1, 0.15) is 0 Å². The molecule has 4 aromatic rings. The summed E-state index contributed by atoms with van der Waals surface area (Å²) in [5.41, 5.74) is 6.02. The van der Waals surface area contributed by atoms with E-state index in [2.05, 4.69) is 26.0 Å². The van der Waals surface area contributed by atoms with Crippen molar-refractivity contribution in [2.24, 2.45) is 0 Å². The Morgan fingerprint density at radius 1 is 1.03 bits per heavy atom. The second-order valence-corrected chi connectivity index (χ2v) is 7.20. The van der Waals surface area contributed by atoms with Gasteiger partial charge in [0, 0.05) is 24.3 Å². The molecule has 0 radical (unpaired) electrons. The van der Waals surface area contributed by atoms with E-state index in [9.17, 15) is 4.79 Å². The van der Waals surface area contributed by atoms with Gasteiger partial charge in [-0.25, -0.2) is 9.67 Å². The summed E-state index contributed by atoms with van der Waals surface area (Å²) in [6, 6.07) is 18.1.